The summed E-state index contributed by atoms with van der Waals surface area (Å²) in [7, 11) is 0. The summed E-state index contributed by atoms with van der Waals surface area (Å²) in [6.45, 7) is 4.60. The van der Waals surface area contributed by atoms with Crippen molar-refractivity contribution < 1.29 is 23.8 Å². The van der Waals surface area contributed by atoms with Crippen molar-refractivity contribution in [1.82, 2.24) is 14.9 Å². The Morgan fingerprint density at radius 3 is 2.61 bits per heavy atom. The number of carboxylic acids is 1. The van der Waals surface area contributed by atoms with Crippen LogP contribution in [0.25, 0.3) is 11.1 Å². The Kier molecular flexibility index (Phi) is 9.09. The Hall–Kier alpha value is -3.33. The van der Waals surface area contributed by atoms with Gasteiger partial charge in [-0.2, -0.15) is 17.6 Å². The highest BCUT2D eigenvalue weighted by atomic mass is 32.1. The predicted octanol–water partition coefficient (Wildman–Crippen LogP) is 5.50. The molecule has 7 nitrogen and oxygen atoms in total. The SMILES string of the molecule is CCOc1nc(CC)c(CNC(=O)C(S)C2CCCC2)n1Cc1ccc(-c2ccccc2C(=O)O)cc1F. The van der Waals surface area contributed by atoms with Gasteiger partial charge in [-0.05, 0) is 55.4 Å². The molecule has 0 aliphatic heterocycles. The monoisotopic (exact) mass is 539 g/mol. The number of hydrogen-bond acceptors (Lipinski definition) is 5. The number of aromatic carboxylic acids is 1. The van der Waals surface area contributed by atoms with Crippen LogP contribution in [0.1, 0.15) is 66.8 Å². The molecular weight excluding hydrogens is 505 g/mol. The summed E-state index contributed by atoms with van der Waals surface area (Å²) in [5.41, 5.74) is 2.97. The molecule has 1 unspecified atom stereocenters. The first-order chi connectivity index (χ1) is 18.3. The minimum Gasteiger partial charge on any atom is -0.478 e. The molecule has 1 aromatic heterocycles. The molecule has 1 fully saturated rings. The van der Waals surface area contributed by atoms with Gasteiger partial charge >= 0.3 is 5.97 Å². The lowest BCUT2D eigenvalue weighted by molar-refractivity contribution is -0.121. The molecule has 3 aromatic rings. The van der Waals surface area contributed by atoms with Crippen LogP contribution in [0.15, 0.2) is 42.5 Å². The summed E-state index contributed by atoms with van der Waals surface area (Å²) in [6, 6.07) is 11.6. The van der Waals surface area contributed by atoms with Gasteiger partial charge in [-0.25, -0.2) is 9.18 Å². The Morgan fingerprint density at radius 2 is 1.95 bits per heavy atom. The van der Waals surface area contributed by atoms with Crippen LogP contribution in [-0.4, -0.2) is 38.4 Å². The summed E-state index contributed by atoms with van der Waals surface area (Å²) in [5.74, 6) is -1.36. The second kappa shape index (κ2) is 12.5. The Bertz CT molecular complexity index is 1300. The number of rotatable bonds is 11. The van der Waals surface area contributed by atoms with Crippen molar-refractivity contribution in [2.45, 2.75) is 64.3 Å². The molecule has 2 N–H and O–H groups in total. The smallest absolute Gasteiger partial charge is 0.336 e. The molecule has 0 saturated heterocycles. The number of hydrogen-bond donors (Lipinski definition) is 3. The topological polar surface area (TPSA) is 93.5 Å². The van der Waals surface area contributed by atoms with E-state index >= 15 is 4.39 Å². The summed E-state index contributed by atoms with van der Waals surface area (Å²) in [5, 5.41) is 12.2. The molecule has 38 heavy (non-hydrogen) atoms. The molecule has 0 radical (unpaired) electrons. The third-order valence-corrected chi connectivity index (χ3v) is 7.78. The number of carbonyl (C=O) groups is 2. The lowest BCUT2D eigenvalue weighted by Crippen LogP contribution is -2.35. The van der Waals surface area contributed by atoms with Crippen LogP contribution in [0.4, 0.5) is 4.39 Å². The zero-order chi connectivity index (χ0) is 27.2. The van der Waals surface area contributed by atoms with Crippen molar-refractivity contribution in [3.8, 4) is 17.1 Å². The average molecular weight is 540 g/mol. The first-order valence-electron chi connectivity index (χ1n) is 13.1. The normalized spacial score (nSPS) is 14.4. The van der Waals surface area contributed by atoms with Crippen molar-refractivity contribution in [1.29, 1.82) is 0 Å². The molecule has 1 heterocycles. The highest BCUT2D eigenvalue weighted by molar-refractivity contribution is 7.81. The van der Waals surface area contributed by atoms with Crippen molar-refractivity contribution in [3.05, 3.63) is 70.8 Å². The van der Waals surface area contributed by atoms with Gasteiger partial charge in [0.15, 0.2) is 0 Å². The number of aryl methyl sites for hydroxylation is 1. The zero-order valence-corrected chi connectivity index (χ0v) is 22.6. The zero-order valence-electron chi connectivity index (χ0n) is 21.7. The minimum absolute atomic E-state index is 0.110. The average Bonchev–Trinajstić information content (AvgIpc) is 3.57. The number of halogens is 1. The van der Waals surface area contributed by atoms with E-state index in [9.17, 15) is 14.7 Å². The lowest BCUT2D eigenvalue weighted by Gasteiger charge is -2.19. The summed E-state index contributed by atoms with van der Waals surface area (Å²) in [6.07, 6.45) is 4.91. The summed E-state index contributed by atoms with van der Waals surface area (Å²) in [4.78, 5) is 29.1. The largest absolute Gasteiger partial charge is 0.478 e. The van der Waals surface area contributed by atoms with Gasteiger partial charge in [0.1, 0.15) is 5.82 Å². The van der Waals surface area contributed by atoms with Gasteiger partial charge in [0.2, 0.25) is 5.91 Å². The Morgan fingerprint density at radius 1 is 1.21 bits per heavy atom. The Labute approximate surface area is 227 Å². The van der Waals surface area contributed by atoms with E-state index in [0.29, 0.717) is 35.7 Å². The number of benzene rings is 2. The van der Waals surface area contributed by atoms with Crippen LogP contribution in [-0.2, 0) is 24.3 Å². The fourth-order valence-electron chi connectivity index (χ4n) is 5.09. The van der Waals surface area contributed by atoms with Crippen LogP contribution >= 0.6 is 12.6 Å². The fourth-order valence-corrected chi connectivity index (χ4v) is 5.48. The summed E-state index contributed by atoms with van der Waals surface area (Å²) >= 11 is 4.59. The molecule has 1 atom stereocenters. The van der Waals surface area contributed by atoms with Gasteiger partial charge < -0.3 is 15.2 Å². The predicted molar refractivity (Wildman–Crippen MR) is 147 cm³/mol. The van der Waals surface area contributed by atoms with E-state index < -0.39 is 11.8 Å². The second-order valence-electron chi connectivity index (χ2n) is 9.52. The number of amides is 1. The summed E-state index contributed by atoms with van der Waals surface area (Å²) < 4.78 is 23.0. The molecule has 4 rings (SSSR count). The first kappa shape index (κ1) is 27.7. The van der Waals surface area contributed by atoms with Crippen LogP contribution in [0.3, 0.4) is 0 Å². The third-order valence-electron chi connectivity index (χ3n) is 7.12. The van der Waals surface area contributed by atoms with E-state index in [2.05, 4.69) is 22.9 Å². The van der Waals surface area contributed by atoms with E-state index in [1.165, 1.54) is 12.1 Å². The molecule has 1 amide bonds. The number of thiol groups is 1. The van der Waals surface area contributed by atoms with Crippen LogP contribution in [0.2, 0.25) is 0 Å². The van der Waals surface area contributed by atoms with E-state index in [-0.39, 0.29) is 35.7 Å². The number of ether oxygens (including phenoxy) is 1. The molecule has 1 aliphatic carbocycles. The third kappa shape index (κ3) is 6.04. The van der Waals surface area contributed by atoms with Gasteiger partial charge in [0, 0.05) is 5.56 Å². The first-order valence-corrected chi connectivity index (χ1v) is 13.6. The van der Waals surface area contributed by atoms with Crippen LogP contribution < -0.4 is 10.1 Å². The quantitative estimate of drug-likeness (QED) is 0.280. The molecule has 0 spiro atoms. The van der Waals surface area contributed by atoms with Crippen molar-refractivity contribution >= 4 is 24.5 Å². The van der Waals surface area contributed by atoms with E-state index in [0.717, 1.165) is 37.1 Å². The second-order valence-corrected chi connectivity index (χ2v) is 10.1. The van der Waals surface area contributed by atoms with E-state index in [1.807, 2.05) is 13.8 Å². The number of aromatic nitrogens is 2. The van der Waals surface area contributed by atoms with E-state index in [4.69, 9.17) is 4.74 Å². The minimum atomic E-state index is -1.07. The molecule has 9 heteroatoms. The van der Waals surface area contributed by atoms with Gasteiger partial charge in [-0.3, -0.25) is 9.36 Å². The highest BCUT2D eigenvalue weighted by Gasteiger charge is 2.28. The standard InChI is InChI=1S/C29H34FN3O4S/c1-3-24-25(16-31-27(34)26(38)18-9-5-6-10-18)33(29(32-24)37-4-2)17-20-14-13-19(15-23(20)30)21-11-7-8-12-22(21)28(35)36/h7-8,11-15,18,26,38H,3-6,9-10,16-17H2,1-2H3,(H,31,34)(H,35,36). The van der Waals surface area contributed by atoms with E-state index in [1.54, 1.807) is 34.9 Å². The molecular formula is C29H34FN3O4S. The molecule has 0 bridgehead atoms. The van der Waals surface area contributed by atoms with Gasteiger partial charge in [-0.15, -0.1) is 0 Å². The van der Waals surface area contributed by atoms with Crippen molar-refractivity contribution in [2.75, 3.05) is 6.61 Å². The van der Waals surface area contributed by atoms with Crippen LogP contribution in [0, 0.1) is 11.7 Å². The van der Waals surface area contributed by atoms with Gasteiger partial charge in [0.25, 0.3) is 6.01 Å². The fraction of sp³-hybridized carbons (Fsp3) is 0.414. The molecule has 202 valence electrons. The molecule has 1 saturated carbocycles. The lowest BCUT2D eigenvalue weighted by atomic mass is 9.98. The van der Waals surface area contributed by atoms with Gasteiger partial charge in [0.05, 0.1) is 41.9 Å². The number of nitrogens with one attached hydrogen (secondary N) is 1. The van der Waals surface area contributed by atoms with Crippen molar-refractivity contribution in [3.63, 3.8) is 0 Å². The Balaban J connectivity index is 1.61. The maximum Gasteiger partial charge on any atom is 0.336 e. The highest BCUT2D eigenvalue weighted by Crippen LogP contribution is 2.31. The number of carboxylic acid groups (broad SMARTS) is 1. The molecule has 2 aromatic carbocycles. The van der Waals surface area contributed by atoms with Crippen LogP contribution in [0.5, 0.6) is 6.01 Å². The number of carbonyl (C=O) groups excluding carboxylic acids is 1. The van der Waals surface area contributed by atoms with Crippen molar-refractivity contribution in [2.24, 2.45) is 5.92 Å². The van der Waals surface area contributed by atoms with Gasteiger partial charge in [-0.1, -0.05) is 50.1 Å². The maximum absolute atomic E-state index is 15.4. The number of imidazole rings is 1. The maximum atomic E-state index is 15.4. The number of nitrogens with zero attached hydrogens (tertiary/aromatic N) is 2. The molecule has 1 aliphatic rings.